The summed E-state index contributed by atoms with van der Waals surface area (Å²) in [6, 6.07) is 15.9. The number of hydrogen-bond donors (Lipinski definition) is 0. The van der Waals surface area contributed by atoms with E-state index in [-0.39, 0.29) is 5.91 Å². The van der Waals surface area contributed by atoms with Crippen LogP contribution in [0.2, 0.25) is 0 Å². The molecule has 0 radical (unpaired) electrons. The smallest absolute Gasteiger partial charge is 0.247 e. The molecule has 0 aliphatic carbocycles. The third-order valence-electron chi connectivity index (χ3n) is 3.99. The second-order valence-corrected chi connectivity index (χ2v) is 7.20. The zero-order valence-electron chi connectivity index (χ0n) is 15.0. The molecule has 0 N–H and O–H groups in total. The standard InChI is InChI=1S/C21H22N2O2S/c1-22(2)18-10-7-17(8-11-18)9-12-21(24)23(15-19-5-3-13-25-19)16-20-6-4-14-26-20/h3-14H,15-16H2,1-2H3. The molecule has 0 saturated carbocycles. The molecule has 1 aromatic carbocycles. The molecule has 2 heterocycles. The van der Waals surface area contributed by atoms with Crippen LogP contribution < -0.4 is 4.90 Å². The highest BCUT2D eigenvalue weighted by Crippen LogP contribution is 2.17. The minimum atomic E-state index is -0.0357. The molecular weight excluding hydrogens is 344 g/mol. The van der Waals surface area contributed by atoms with Crippen LogP contribution in [0.25, 0.3) is 6.08 Å². The Kier molecular flexibility index (Phi) is 5.92. The second kappa shape index (κ2) is 8.54. The van der Waals surface area contributed by atoms with Crippen molar-refractivity contribution in [2.75, 3.05) is 19.0 Å². The minimum absolute atomic E-state index is 0.0357. The van der Waals surface area contributed by atoms with E-state index < -0.39 is 0 Å². The first-order valence-corrected chi connectivity index (χ1v) is 9.29. The number of hydrogen-bond acceptors (Lipinski definition) is 4. The number of carbonyl (C=O) groups excluding carboxylic acids is 1. The number of benzene rings is 1. The van der Waals surface area contributed by atoms with Gasteiger partial charge < -0.3 is 14.2 Å². The molecule has 0 fully saturated rings. The van der Waals surface area contributed by atoms with E-state index in [9.17, 15) is 4.79 Å². The number of furan rings is 1. The molecule has 134 valence electrons. The van der Waals surface area contributed by atoms with Gasteiger partial charge in [0.05, 0.1) is 19.4 Å². The summed E-state index contributed by atoms with van der Waals surface area (Å²) in [5.74, 6) is 0.741. The lowest BCUT2D eigenvalue weighted by atomic mass is 10.2. The fraction of sp³-hybridized carbons (Fsp3) is 0.190. The molecule has 3 aromatic rings. The summed E-state index contributed by atoms with van der Waals surface area (Å²) in [5, 5.41) is 2.02. The Balaban J connectivity index is 1.71. The first-order chi connectivity index (χ1) is 12.6. The minimum Gasteiger partial charge on any atom is -0.467 e. The van der Waals surface area contributed by atoms with E-state index in [1.54, 1.807) is 28.6 Å². The molecule has 1 amide bonds. The molecule has 0 aliphatic heterocycles. The first kappa shape index (κ1) is 18.0. The van der Waals surface area contributed by atoms with Gasteiger partial charge in [-0.3, -0.25) is 4.79 Å². The third-order valence-corrected chi connectivity index (χ3v) is 4.85. The second-order valence-electron chi connectivity index (χ2n) is 6.17. The summed E-state index contributed by atoms with van der Waals surface area (Å²) in [6.07, 6.45) is 5.11. The van der Waals surface area contributed by atoms with Crippen molar-refractivity contribution in [2.45, 2.75) is 13.1 Å². The highest BCUT2D eigenvalue weighted by molar-refractivity contribution is 7.09. The first-order valence-electron chi connectivity index (χ1n) is 8.41. The van der Waals surface area contributed by atoms with Gasteiger partial charge in [-0.2, -0.15) is 0 Å². The van der Waals surface area contributed by atoms with Crippen LogP contribution in [0.4, 0.5) is 5.69 Å². The zero-order valence-corrected chi connectivity index (χ0v) is 15.8. The van der Waals surface area contributed by atoms with Crippen molar-refractivity contribution in [1.82, 2.24) is 4.90 Å². The van der Waals surface area contributed by atoms with Crippen LogP contribution in [0, 0.1) is 0 Å². The van der Waals surface area contributed by atoms with Crippen LogP contribution in [0.5, 0.6) is 0 Å². The highest BCUT2D eigenvalue weighted by atomic mass is 32.1. The number of carbonyl (C=O) groups is 1. The van der Waals surface area contributed by atoms with E-state index in [0.29, 0.717) is 13.1 Å². The Labute approximate surface area is 158 Å². The highest BCUT2D eigenvalue weighted by Gasteiger charge is 2.14. The van der Waals surface area contributed by atoms with E-state index in [1.165, 1.54) is 0 Å². The molecule has 0 spiro atoms. The average molecular weight is 366 g/mol. The van der Waals surface area contributed by atoms with Gasteiger partial charge in [0.15, 0.2) is 0 Å². The van der Waals surface area contributed by atoms with Crippen molar-refractivity contribution in [3.8, 4) is 0 Å². The van der Waals surface area contributed by atoms with E-state index in [1.807, 2.05) is 79.0 Å². The van der Waals surface area contributed by atoms with Crippen molar-refractivity contribution in [3.63, 3.8) is 0 Å². The fourth-order valence-electron chi connectivity index (χ4n) is 2.55. The summed E-state index contributed by atoms with van der Waals surface area (Å²) < 4.78 is 5.41. The Morgan fingerprint density at radius 2 is 1.88 bits per heavy atom. The van der Waals surface area contributed by atoms with Crippen LogP contribution in [-0.4, -0.2) is 24.9 Å². The molecule has 0 bridgehead atoms. The normalized spacial score (nSPS) is 11.0. The molecule has 0 aliphatic rings. The molecule has 0 unspecified atom stereocenters. The van der Waals surface area contributed by atoms with E-state index in [0.717, 1.165) is 21.9 Å². The number of rotatable bonds is 7. The van der Waals surface area contributed by atoms with Gasteiger partial charge in [-0.25, -0.2) is 0 Å². The van der Waals surface area contributed by atoms with Gasteiger partial charge >= 0.3 is 0 Å². The SMILES string of the molecule is CN(C)c1ccc(C=CC(=O)N(Cc2ccco2)Cc2cccs2)cc1. The maximum atomic E-state index is 12.7. The maximum absolute atomic E-state index is 12.7. The topological polar surface area (TPSA) is 36.7 Å². The van der Waals surface area contributed by atoms with Crippen LogP contribution in [-0.2, 0) is 17.9 Å². The number of anilines is 1. The monoisotopic (exact) mass is 366 g/mol. The summed E-state index contributed by atoms with van der Waals surface area (Å²) in [5.41, 5.74) is 2.13. The summed E-state index contributed by atoms with van der Waals surface area (Å²) in [4.78, 5) is 17.7. The zero-order chi connectivity index (χ0) is 18.4. The molecule has 4 nitrogen and oxygen atoms in total. The van der Waals surface area contributed by atoms with Crippen molar-refractivity contribution in [3.05, 3.63) is 82.5 Å². The van der Waals surface area contributed by atoms with Crippen molar-refractivity contribution >= 4 is 29.0 Å². The van der Waals surface area contributed by atoms with Gasteiger partial charge in [-0.15, -0.1) is 11.3 Å². The maximum Gasteiger partial charge on any atom is 0.247 e. The lowest BCUT2D eigenvalue weighted by molar-refractivity contribution is -0.127. The average Bonchev–Trinajstić information content (AvgIpc) is 3.33. The van der Waals surface area contributed by atoms with Gasteiger partial charge in [-0.1, -0.05) is 18.2 Å². The van der Waals surface area contributed by atoms with Gasteiger partial charge in [0, 0.05) is 30.7 Å². The molecule has 3 rings (SSSR count). The molecular formula is C21H22N2O2S. The molecule has 0 atom stereocenters. The van der Waals surface area contributed by atoms with Gasteiger partial charge in [0.25, 0.3) is 0 Å². The van der Waals surface area contributed by atoms with Crippen LogP contribution in [0.3, 0.4) is 0 Å². The predicted octanol–water partition coefficient (Wildman–Crippen LogP) is 4.65. The van der Waals surface area contributed by atoms with Gasteiger partial charge in [0.1, 0.15) is 5.76 Å². The van der Waals surface area contributed by atoms with Crippen LogP contribution >= 0.6 is 11.3 Å². The summed E-state index contributed by atoms with van der Waals surface area (Å²) in [7, 11) is 4.01. The van der Waals surface area contributed by atoms with Crippen molar-refractivity contribution in [1.29, 1.82) is 0 Å². The summed E-state index contributed by atoms with van der Waals surface area (Å²) >= 11 is 1.65. The molecule has 26 heavy (non-hydrogen) atoms. The van der Waals surface area contributed by atoms with E-state index in [2.05, 4.69) is 0 Å². The molecule has 0 saturated heterocycles. The number of nitrogens with zero attached hydrogens (tertiary/aromatic N) is 2. The summed E-state index contributed by atoms with van der Waals surface area (Å²) in [6.45, 7) is 1.02. The molecule has 5 heteroatoms. The largest absolute Gasteiger partial charge is 0.467 e. The van der Waals surface area contributed by atoms with E-state index >= 15 is 0 Å². The third kappa shape index (κ3) is 4.86. The number of thiophene rings is 1. The van der Waals surface area contributed by atoms with Crippen molar-refractivity contribution in [2.24, 2.45) is 0 Å². The van der Waals surface area contributed by atoms with Crippen molar-refractivity contribution < 1.29 is 9.21 Å². The lowest BCUT2D eigenvalue weighted by Gasteiger charge is -2.19. The Morgan fingerprint density at radius 1 is 1.08 bits per heavy atom. The van der Waals surface area contributed by atoms with Crippen LogP contribution in [0.1, 0.15) is 16.2 Å². The Hall–Kier alpha value is -2.79. The van der Waals surface area contributed by atoms with E-state index in [4.69, 9.17) is 4.42 Å². The van der Waals surface area contributed by atoms with Crippen LogP contribution in [0.15, 0.2) is 70.7 Å². The predicted molar refractivity (Wildman–Crippen MR) is 107 cm³/mol. The Morgan fingerprint density at radius 3 is 2.50 bits per heavy atom. The Bertz CT molecular complexity index is 799. The quantitative estimate of drug-likeness (QED) is 0.571. The lowest BCUT2D eigenvalue weighted by Crippen LogP contribution is -2.27. The van der Waals surface area contributed by atoms with Gasteiger partial charge in [0.2, 0.25) is 5.91 Å². The number of amides is 1. The fourth-order valence-corrected chi connectivity index (χ4v) is 3.27. The van der Waals surface area contributed by atoms with Gasteiger partial charge in [-0.05, 0) is 47.4 Å². The molecule has 2 aromatic heterocycles.